The zero-order valence-corrected chi connectivity index (χ0v) is 13.8. The highest BCUT2D eigenvalue weighted by atomic mass is 79.9. The van der Waals surface area contributed by atoms with Gasteiger partial charge in [-0.15, -0.1) is 0 Å². The van der Waals surface area contributed by atoms with E-state index in [4.69, 9.17) is 9.47 Å². The smallest absolute Gasteiger partial charge is 0.174 e. The second-order valence-electron chi connectivity index (χ2n) is 6.11. The molecule has 1 saturated heterocycles. The lowest BCUT2D eigenvalue weighted by molar-refractivity contribution is 0.278. The van der Waals surface area contributed by atoms with Crippen molar-refractivity contribution in [2.24, 2.45) is 5.92 Å². The van der Waals surface area contributed by atoms with Crippen molar-refractivity contribution in [2.75, 3.05) is 20.3 Å². The van der Waals surface area contributed by atoms with Crippen molar-refractivity contribution in [3.8, 4) is 11.5 Å². The SMILES string of the molecule is COc1c(Br)cc(C2(C)CCCN2)cc1OCC1CC1. The van der Waals surface area contributed by atoms with E-state index in [9.17, 15) is 0 Å². The molecule has 1 aromatic carbocycles. The van der Waals surface area contributed by atoms with E-state index in [1.54, 1.807) is 7.11 Å². The molecule has 20 heavy (non-hydrogen) atoms. The summed E-state index contributed by atoms with van der Waals surface area (Å²) in [6.07, 6.45) is 4.97. The third kappa shape index (κ3) is 2.82. The molecule has 0 spiro atoms. The second kappa shape index (κ2) is 5.57. The number of methoxy groups -OCH3 is 1. The topological polar surface area (TPSA) is 30.5 Å². The Morgan fingerprint density at radius 3 is 2.80 bits per heavy atom. The summed E-state index contributed by atoms with van der Waals surface area (Å²) in [5.41, 5.74) is 1.32. The largest absolute Gasteiger partial charge is 0.492 e. The van der Waals surface area contributed by atoms with Crippen molar-refractivity contribution in [1.82, 2.24) is 5.32 Å². The number of benzene rings is 1. The minimum absolute atomic E-state index is 0.0481. The zero-order valence-electron chi connectivity index (χ0n) is 12.2. The van der Waals surface area contributed by atoms with Crippen LogP contribution in [0.2, 0.25) is 0 Å². The van der Waals surface area contributed by atoms with Crippen LogP contribution in [0.4, 0.5) is 0 Å². The van der Waals surface area contributed by atoms with Crippen LogP contribution in [0.5, 0.6) is 11.5 Å². The molecule has 3 nitrogen and oxygen atoms in total. The highest BCUT2D eigenvalue weighted by Gasteiger charge is 2.32. The molecule has 110 valence electrons. The van der Waals surface area contributed by atoms with E-state index in [0.29, 0.717) is 0 Å². The molecule has 1 aliphatic heterocycles. The van der Waals surface area contributed by atoms with Crippen molar-refractivity contribution in [3.63, 3.8) is 0 Å². The lowest BCUT2D eigenvalue weighted by atomic mass is 9.90. The van der Waals surface area contributed by atoms with Gasteiger partial charge in [0, 0.05) is 5.54 Å². The molecule has 0 aromatic heterocycles. The van der Waals surface area contributed by atoms with E-state index >= 15 is 0 Å². The van der Waals surface area contributed by atoms with Crippen LogP contribution in [-0.2, 0) is 5.54 Å². The van der Waals surface area contributed by atoms with Gasteiger partial charge in [-0.1, -0.05) is 0 Å². The van der Waals surface area contributed by atoms with E-state index < -0.39 is 0 Å². The van der Waals surface area contributed by atoms with Gasteiger partial charge in [0.1, 0.15) is 0 Å². The van der Waals surface area contributed by atoms with Crippen LogP contribution >= 0.6 is 15.9 Å². The second-order valence-corrected chi connectivity index (χ2v) is 6.96. The molecule has 1 aliphatic carbocycles. The van der Waals surface area contributed by atoms with Crippen LogP contribution < -0.4 is 14.8 Å². The van der Waals surface area contributed by atoms with Crippen LogP contribution in [0.1, 0.15) is 38.2 Å². The Morgan fingerprint density at radius 1 is 1.40 bits per heavy atom. The van der Waals surface area contributed by atoms with Gasteiger partial charge in [0.25, 0.3) is 0 Å². The Morgan fingerprint density at radius 2 is 2.20 bits per heavy atom. The third-order valence-corrected chi connectivity index (χ3v) is 4.98. The standard InChI is InChI=1S/C16H22BrNO2/c1-16(6-3-7-18-16)12-8-13(17)15(19-2)14(9-12)20-10-11-4-5-11/h8-9,11,18H,3-7,10H2,1-2H3. The van der Waals surface area contributed by atoms with Crippen molar-refractivity contribution in [1.29, 1.82) is 0 Å². The average molecular weight is 340 g/mol. The van der Waals surface area contributed by atoms with E-state index in [2.05, 4.69) is 40.3 Å². The van der Waals surface area contributed by atoms with Gasteiger partial charge in [-0.3, -0.25) is 0 Å². The molecule has 4 heteroatoms. The van der Waals surface area contributed by atoms with Crippen molar-refractivity contribution in [3.05, 3.63) is 22.2 Å². The fourth-order valence-electron chi connectivity index (χ4n) is 2.83. The van der Waals surface area contributed by atoms with Gasteiger partial charge in [-0.05, 0) is 78.7 Å². The van der Waals surface area contributed by atoms with E-state index in [-0.39, 0.29) is 5.54 Å². The number of ether oxygens (including phenoxy) is 2. The number of nitrogens with one attached hydrogen (secondary N) is 1. The third-order valence-electron chi connectivity index (χ3n) is 4.39. The van der Waals surface area contributed by atoms with E-state index in [1.165, 1.54) is 24.8 Å². The molecular formula is C16H22BrNO2. The van der Waals surface area contributed by atoms with Gasteiger partial charge in [0.15, 0.2) is 11.5 Å². The molecule has 2 fully saturated rings. The summed E-state index contributed by atoms with van der Waals surface area (Å²) in [7, 11) is 1.69. The van der Waals surface area contributed by atoms with Crippen molar-refractivity contribution in [2.45, 2.75) is 38.1 Å². The minimum atomic E-state index is 0.0481. The molecule has 0 amide bonds. The fourth-order valence-corrected chi connectivity index (χ4v) is 3.43. The van der Waals surface area contributed by atoms with Crippen LogP contribution in [0.25, 0.3) is 0 Å². The Bertz CT molecular complexity index is 493. The quantitative estimate of drug-likeness (QED) is 0.883. The molecule has 1 aromatic rings. The summed E-state index contributed by atoms with van der Waals surface area (Å²) >= 11 is 3.62. The van der Waals surface area contributed by atoms with Crippen LogP contribution in [-0.4, -0.2) is 20.3 Å². The number of hydrogen-bond donors (Lipinski definition) is 1. The molecule has 3 rings (SSSR count). The molecular weight excluding hydrogens is 318 g/mol. The highest BCUT2D eigenvalue weighted by molar-refractivity contribution is 9.10. The molecule has 0 bridgehead atoms. The summed E-state index contributed by atoms with van der Waals surface area (Å²) < 4.78 is 12.5. The van der Waals surface area contributed by atoms with Crippen LogP contribution in [0.15, 0.2) is 16.6 Å². The first-order valence-corrected chi connectivity index (χ1v) is 8.17. The highest BCUT2D eigenvalue weighted by Crippen LogP contribution is 2.42. The van der Waals surface area contributed by atoms with Gasteiger partial charge in [0.05, 0.1) is 18.2 Å². The van der Waals surface area contributed by atoms with E-state index in [0.717, 1.165) is 41.5 Å². The number of rotatable bonds is 5. The number of halogens is 1. The predicted octanol–water partition coefficient (Wildman–Crippen LogP) is 3.85. The van der Waals surface area contributed by atoms with Crippen molar-refractivity contribution < 1.29 is 9.47 Å². The maximum absolute atomic E-state index is 6.00. The maximum atomic E-state index is 6.00. The Labute approximate surface area is 129 Å². The summed E-state index contributed by atoms with van der Waals surface area (Å²) in [5.74, 6) is 2.40. The molecule has 2 aliphatic rings. The first kappa shape index (κ1) is 14.2. The average Bonchev–Trinajstić information content (AvgIpc) is 3.16. The van der Waals surface area contributed by atoms with Gasteiger partial charge in [0.2, 0.25) is 0 Å². The van der Waals surface area contributed by atoms with E-state index in [1.807, 2.05) is 0 Å². The maximum Gasteiger partial charge on any atom is 0.174 e. The molecule has 1 unspecified atom stereocenters. The molecule has 1 N–H and O–H groups in total. The van der Waals surface area contributed by atoms with Crippen LogP contribution in [0, 0.1) is 5.92 Å². The lowest BCUT2D eigenvalue weighted by Crippen LogP contribution is -2.33. The normalized spacial score (nSPS) is 25.8. The first-order chi connectivity index (χ1) is 9.62. The summed E-state index contributed by atoms with van der Waals surface area (Å²) in [6, 6.07) is 4.30. The van der Waals surface area contributed by atoms with Gasteiger partial charge in [-0.25, -0.2) is 0 Å². The fraction of sp³-hybridized carbons (Fsp3) is 0.625. The van der Waals surface area contributed by atoms with Gasteiger partial charge in [-0.2, -0.15) is 0 Å². The molecule has 1 saturated carbocycles. The predicted molar refractivity (Wildman–Crippen MR) is 83.5 cm³/mol. The van der Waals surface area contributed by atoms with Gasteiger partial charge >= 0.3 is 0 Å². The Kier molecular flexibility index (Phi) is 3.95. The summed E-state index contributed by atoms with van der Waals surface area (Å²) in [4.78, 5) is 0. The monoisotopic (exact) mass is 339 g/mol. The van der Waals surface area contributed by atoms with Crippen LogP contribution in [0.3, 0.4) is 0 Å². The molecule has 1 heterocycles. The first-order valence-electron chi connectivity index (χ1n) is 7.38. The minimum Gasteiger partial charge on any atom is -0.492 e. The number of hydrogen-bond acceptors (Lipinski definition) is 3. The lowest BCUT2D eigenvalue weighted by Gasteiger charge is -2.26. The molecule has 1 atom stereocenters. The Balaban J connectivity index is 1.90. The Hall–Kier alpha value is -0.740. The summed E-state index contributed by atoms with van der Waals surface area (Å²) in [5, 5.41) is 3.60. The van der Waals surface area contributed by atoms with Crippen molar-refractivity contribution >= 4 is 15.9 Å². The van der Waals surface area contributed by atoms with Gasteiger partial charge < -0.3 is 14.8 Å². The summed E-state index contributed by atoms with van der Waals surface area (Å²) in [6.45, 7) is 4.15. The molecule has 0 radical (unpaired) electrons. The zero-order chi connectivity index (χ0) is 14.2.